The van der Waals surface area contributed by atoms with Gasteiger partial charge in [-0.2, -0.15) is 0 Å². The van der Waals surface area contributed by atoms with Gasteiger partial charge in [0.2, 0.25) is 0 Å². The third-order valence-electron chi connectivity index (χ3n) is 4.73. The molecule has 1 aromatic carbocycles. The number of methoxy groups -OCH3 is 1. The normalized spacial score (nSPS) is 14.0. The highest BCUT2D eigenvalue weighted by molar-refractivity contribution is 7.99. The van der Waals surface area contributed by atoms with Crippen molar-refractivity contribution in [1.82, 2.24) is 4.98 Å². The number of nitrogens with zero attached hydrogens (tertiary/aromatic N) is 1. The molecule has 2 rings (SSSR count). The standard InChI is InChI=1S/C24H31NO5S/c1-15(2)14-31-23(18-9-7-6-8-10-18)17(4)30-24(28)16(3)13-19(26)21-22(27)20(29-5)11-12-25-21/h6-12,15-17,23,27H,13-14H2,1-5H3/t16-,17+,23+/m1/s1. The first-order valence-electron chi connectivity index (χ1n) is 10.4. The number of ketones is 1. The Bertz CT molecular complexity index is 872. The quantitative estimate of drug-likeness (QED) is 0.382. The second-order valence-electron chi connectivity index (χ2n) is 7.94. The minimum Gasteiger partial charge on any atom is -0.503 e. The van der Waals surface area contributed by atoms with Gasteiger partial charge in [0.25, 0.3) is 0 Å². The van der Waals surface area contributed by atoms with Crippen molar-refractivity contribution in [3.63, 3.8) is 0 Å². The molecule has 0 spiro atoms. The molecule has 0 saturated carbocycles. The van der Waals surface area contributed by atoms with Crippen LogP contribution in [0.1, 0.15) is 55.4 Å². The Morgan fingerprint density at radius 3 is 2.39 bits per heavy atom. The van der Waals surface area contributed by atoms with Crippen molar-refractivity contribution in [2.75, 3.05) is 12.9 Å². The fraction of sp³-hybridized carbons (Fsp3) is 0.458. The van der Waals surface area contributed by atoms with Gasteiger partial charge < -0.3 is 14.6 Å². The minimum atomic E-state index is -0.672. The molecule has 0 fully saturated rings. The SMILES string of the molecule is COc1ccnc(C(=O)C[C@@H](C)C(=O)O[C@@H](C)[C@H](SCC(C)C)c2ccccc2)c1O. The summed E-state index contributed by atoms with van der Waals surface area (Å²) in [5, 5.41) is 10.1. The maximum absolute atomic E-state index is 12.7. The molecule has 6 nitrogen and oxygen atoms in total. The average molecular weight is 446 g/mol. The van der Waals surface area contributed by atoms with E-state index in [0.29, 0.717) is 5.92 Å². The summed E-state index contributed by atoms with van der Waals surface area (Å²) in [6, 6.07) is 11.4. The van der Waals surface area contributed by atoms with E-state index in [1.165, 1.54) is 19.4 Å². The van der Waals surface area contributed by atoms with E-state index in [1.807, 2.05) is 37.3 Å². The summed E-state index contributed by atoms with van der Waals surface area (Å²) in [4.78, 5) is 29.2. The minimum absolute atomic E-state index is 0.000419. The lowest BCUT2D eigenvalue weighted by atomic mass is 10.0. The van der Waals surface area contributed by atoms with Gasteiger partial charge in [0.05, 0.1) is 18.3 Å². The Kier molecular flexibility index (Phi) is 9.37. The van der Waals surface area contributed by atoms with Gasteiger partial charge in [0.15, 0.2) is 23.0 Å². The lowest BCUT2D eigenvalue weighted by Gasteiger charge is -2.26. The first kappa shape index (κ1) is 24.7. The molecule has 168 valence electrons. The van der Waals surface area contributed by atoms with Crippen molar-refractivity contribution >= 4 is 23.5 Å². The number of pyridine rings is 1. The molecule has 0 radical (unpaired) electrons. The monoisotopic (exact) mass is 445 g/mol. The molecule has 7 heteroatoms. The van der Waals surface area contributed by atoms with Crippen LogP contribution in [0.25, 0.3) is 0 Å². The van der Waals surface area contributed by atoms with Gasteiger partial charge in [-0.05, 0) is 24.2 Å². The summed E-state index contributed by atoms with van der Waals surface area (Å²) < 4.78 is 10.8. The number of hydrogen-bond donors (Lipinski definition) is 1. The van der Waals surface area contributed by atoms with E-state index in [2.05, 4.69) is 18.8 Å². The number of carbonyl (C=O) groups excluding carboxylic acids is 2. The Balaban J connectivity index is 2.05. The molecule has 0 aliphatic rings. The van der Waals surface area contributed by atoms with Crippen molar-refractivity contribution in [2.24, 2.45) is 11.8 Å². The first-order chi connectivity index (χ1) is 14.7. The van der Waals surface area contributed by atoms with Gasteiger partial charge >= 0.3 is 5.97 Å². The number of hydrogen-bond acceptors (Lipinski definition) is 7. The molecule has 2 aromatic rings. The zero-order chi connectivity index (χ0) is 23.0. The van der Waals surface area contributed by atoms with Crippen molar-refractivity contribution in [1.29, 1.82) is 0 Å². The van der Waals surface area contributed by atoms with Gasteiger partial charge in [-0.1, -0.05) is 51.1 Å². The highest BCUT2D eigenvalue weighted by atomic mass is 32.2. The van der Waals surface area contributed by atoms with Crippen LogP contribution in [0.15, 0.2) is 42.6 Å². The zero-order valence-electron chi connectivity index (χ0n) is 18.7. The number of rotatable bonds is 11. The number of benzene rings is 1. The summed E-state index contributed by atoms with van der Waals surface area (Å²) in [6.45, 7) is 7.83. The lowest BCUT2D eigenvalue weighted by Crippen LogP contribution is -2.26. The molecular formula is C24H31NO5S. The Hall–Kier alpha value is -2.54. The van der Waals surface area contributed by atoms with Crippen LogP contribution in [0, 0.1) is 11.8 Å². The fourth-order valence-corrected chi connectivity index (χ4v) is 4.33. The van der Waals surface area contributed by atoms with E-state index >= 15 is 0 Å². The summed E-state index contributed by atoms with van der Waals surface area (Å²) in [5.74, 6) is -0.270. The third kappa shape index (κ3) is 6.99. The maximum Gasteiger partial charge on any atom is 0.309 e. The van der Waals surface area contributed by atoms with Gasteiger partial charge in [-0.3, -0.25) is 9.59 Å². The number of Topliss-reactive ketones (excluding diaryl/α,β-unsaturated/α-hetero) is 1. The van der Waals surface area contributed by atoms with E-state index in [4.69, 9.17) is 9.47 Å². The number of aromatic hydroxyl groups is 1. The molecule has 0 aliphatic carbocycles. The van der Waals surface area contributed by atoms with Gasteiger partial charge in [0.1, 0.15) is 6.10 Å². The van der Waals surface area contributed by atoms with Crippen molar-refractivity contribution in [2.45, 2.75) is 45.5 Å². The van der Waals surface area contributed by atoms with Crippen LogP contribution in [-0.4, -0.2) is 40.8 Å². The summed E-state index contributed by atoms with van der Waals surface area (Å²) in [5.41, 5.74) is 0.990. The van der Waals surface area contributed by atoms with Gasteiger partial charge in [0, 0.05) is 18.7 Å². The van der Waals surface area contributed by atoms with Crippen molar-refractivity contribution < 1.29 is 24.2 Å². The van der Waals surface area contributed by atoms with E-state index < -0.39 is 17.7 Å². The summed E-state index contributed by atoms with van der Waals surface area (Å²) in [6.07, 6.45) is 0.904. The van der Waals surface area contributed by atoms with Crippen LogP contribution < -0.4 is 4.74 Å². The van der Waals surface area contributed by atoms with Crippen LogP contribution in [0.2, 0.25) is 0 Å². The Morgan fingerprint density at radius 1 is 1.10 bits per heavy atom. The maximum atomic E-state index is 12.7. The molecule has 31 heavy (non-hydrogen) atoms. The zero-order valence-corrected chi connectivity index (χ0v) is 19.5. The van der Waals surface area contributed by atoms with Crippen LogP contribution in [0.5, 0.6) is 11.5 Å². The number of esters is 1. The van der Waals surface area contributed by atoms with E-state index in [1.54, 1.807) is 18.7 Å². The Morgan fingerprint density at radius 2 is 1.77 bits per heavy atom. The van der Waals surface area contributed by atoms with Crippen molar-refractivity contribution in [3.05, 3.63) is 53.9 Å². The van der Waals surface area contributed by atoms with Gasteiger partial charge in [-0.15, -0.1) is 11.8 Å². The van der Waals surface area contributed by atoms with Crippen LogP contribution >= 0.6 is 11.8 Å². The molecule has 1 N–H and O–H groups in total. The second-order valence-corrected chi connectivity index (χ2v) is 9.11. The van der Waals surface area contributed by atoms with E-state index in [0.717, 1.165) is 11.3 Å². The molecule has 0 bridgehead atoms. The molecule has 0 amide bonds. The van der Waals surface area contributed by atoms with E-state index in [-0.39, 0.29) is 35.0 Å². The highest BCUT2D eigenvalue weighted by Gasteiger charge is 2.28. The predicted octanol–water partition coefficient (Wildman–Crippen LogP) is 5.07. The molecule has 1 aromatic heterocycles. The molecule has 0 unspecified atom stereocenters. The van der Waals surface area contributed by atoms with Gasteiger partial charge in [-0.25, -0.2) is 4.98 Å². The predicted molar refractivity (Wildman–Crippen MR) is 123 cm³/mol. The number of carbonyl (C=O) groups is 2. The molecule has 3 atom stereocenters. The molecular weight excluding hydrogens is 414 g/mol. The molecule has 0 aliphatic heterocycles. The number of ether oxygens (including phenoxy) is 2. The first-order valence-corrected chi connectivity index (χ1v) is 11.4. The van der Waals surface area contributed by atoms with Crippen LogP contribution in [0.4, 0.5) is 0 Å². The fourth-order valence-electron chi connectivity index (χ4n) is 3.07. The topological polar surface area (TPSA) is 85.7 Å². The third-order valence-corrected chi connectivity index (χ3v) is 6.60. The van der Waals surface area contributed by atoms with E-state index in [9.17, 15) is 14.7 Å². The lowest BCUT2D eigenvalue weighted by molar-refractivity contribution is -0.152. The van der Waals surface area contributed by atoms with Crippen LogP contribution in [-0.2, 0) is 9.53 Å². The van der Waals surface area contributed by atoms with Crippen molar-refractivity contribution in [3.8, 4) is 11.5 Å². The smallest absolute Gasteiger partial charge is 0.309 e. The van der Waals surface area contributed by atoms with Crippen LogP contribution in [0.3, 0.4) is 0 Å². The molecule has 0 saturated heterocycles. The summed E-state index contributed by atoms with van der Waals surface area (Å²) >= 11 is 1.76. The number of thioether (sulfide) groups is 1. The second kappa shape index (κ2) is 11.7. The summed E-state index contributed by atoms with van der Waals surface area (Å²) in [7, 11) is 1.39. The number of aromatic nitrogens is 1. The highest BCUT2D eigenvalue weighted by Crippen LogP contribution is 2.35. The molecule has 1 heterocycles. The Labute approximate surface area is 188 Å². The average Bonchev–Trinajstić information content (AvgIpc) is 2.74. The largest absolute Gasteiger partial charge is 0.503 e.